The Kier molecular flexibility index (Phi) is 4.17. The highest BCUT2D eigenvalue weighted by molar-refractivity contribution is 9.11. The van der Waals surface area contributed by atoms with Gasteiger partial charge in [-0.25, -0.2) is 9.97 Å². The minimum absolute atomic E-state index is 0.133. The number of hydrogen-bond acceptors (Lipinski definition) is 4. The molecule has 0 saturated heterocycles. The van der Waals surface area contributed by atoms with Crippen LogP contribution in [0, 0.1) is 5.41 Å². The molecule has 0 aliphatic heterocycles. The van der Waals surface area contributed by atoms with Gasteiger partial charge in [0.25, 0.3) is 0 Å². The predicted octanol–water partition coefficient (Wildman–Crippen LogP) is 3.79. The number of anilines is 1. The molecule has 6 heteroatoms. The monoisotopic (exact) mass is 373 g/mol. The van der Waals surface area contributed by atoms with Gasteiger partial charge < -0.3 is 10.1 Å². The minimum Gasteiger partial charge on any atom is -0.496 e. The molecule has 1 atom stereocenters. The van der Waals surface area contributed by atoms with E-state index in [1.807, 2.05) is 37.3 Å². The van der Waals surface area contributed by atoms with E-state index < -0.39 is 5.41 Å². The van der Waals surface area contributed by atoms with Gasteiger partial charge in [-0.2, -0.15) is 0 Å². The zero-order valence-electron chi connectivity index (χ0n) is 12.8. The number of carbonyl (C=O) groups excluding carboxylic acids is 1. The second-order valence-corrected chi connectivity index (χ2v) is 6.44. The van der Waals surface area contributed by atoms with Gasteiger partial charge in [-0.05, 0) is 59.6 Å². The fourth-order valence-electron chi connectivity index (χ4n) is 2.42. The third kappa shape index (κ3) is 3.12. The van der Waals surface area contributed by atoms with E-state index >= 15 is 0 Å². The second-order valence-electron chi connectivity index (χ2n) is 5.59. The van der Waals surface area contributed by atoms with Crippen molar-refractivity contribution < 1.29 is 9.53 Å². The van der Waals surface area contributed by atoms with Crippen molar-refractivity contribution in [2.24, 2.45) is 5.41 Å². The van der Waals surface area contributed by atoms with Crippen LogP contribution in [0.1, 0.15) is 13.3 Å². The molecule has 118 valence electrons. The van der Waals surface area contributed by atoms with Gasteiger partial charge in [0.2, 0.25) is 5.91 Å². The Morgan fingerprint density at radius 1 is 1.39 bits per heavy atom. The number of carbonyl (C=O) groups is 1. The average Bonchev–Trinajstić information content (AvgIpc) is 2.57. The molecule has 2 aromatic heterocycles. The Hall–Kier alpha value is -2.21. The summed E-state index contributed by atoms with van der Waals surface area (Å²) in [5.41, 5.74) is -0.0848. The number of pyridine rings is 2. The van der Waals surface area contributed by atoms with E-state index in [9.17, 15) is 4.79 Å². The average molecular weight is 374 g/mol. The van der Waals surface area contributed by atoms with E-state index in [1.165, 1.54) is 0 Å². The first kappa shape index (κ1) is 15.7. The third-order valence-electron chi connectivity index (χ3n) is 3.83. The van der Waals surface area contributed by atoms with E-state index in [0.29, 0.717) is 23.6 Å². The van der Waals surface area contributed by atoms with Crippen LogP contribution in [-0.2, 0) is 9.53 Å². The number of aromatic nitrogens is 2. The Morgan fingerprint density at radius 3 is 3.00 bits per heavy atom. The maximum atomic E-state index is 12.7. The summed E-state index contributed by atoms with van der Waals surface area (Å²) in [6.07, 6.45) is 6.02. The van der Waals surface area contributed by atoms with Crippen molar-refractivity contribution in [1.82, 2.24) is 9.97 Å². The molecule has 0 fully saturated rings. The largest absolute Gasteiger partial charge is 0.496 e. The number of ether oxygens (including phenoxy) is 1. The summed E-state index contributed by atoms with van der Waals surface area (Å²) >= 11 is 3.43. The summed E-state index contributed by atoms with van der Waals surface area (Å²) in [5, 5.41) is 3.80. The molecule has 23 heavy (non-hydrogen) atoms. The molecule has 2 aromatic rings. The molecular weight excluding hydrogens is 358 g/mol. The highest BCUT2D eigenvalue weighted by Gasteiger charge is 2.34. The number of nitrogens with zero attached hydrogens (tertiary/aromatic N) is 2. The highest BCUT2D eigenvalue weighted by Crippen LogP contribution is 2.36. The van der Waals surface area contributed by atoms with Crippen LogP contribution in [0.3, 0.4) is 0 Å². The number of nitrogens with one attached hydrogen (secondary N) is 1. The summed E-state index contributed by atoms with van der Waals surface area (Å²) in [4.78, 5) is 21.3. The number of amides is 1. The molecule has 2 heterocycles. The van der Waals surface area contributed by atoms with Crippen LogP contribution in [-0.4, -0.2) is 23.0 Å². The molecule has 1 unspecified atom stereocenters. The molecule has 1 aliphatic rings. The van der Waals surface area contributed by atoms with Crippen LogP contribution in [0.2, 0.25) is 0 Å². The summed E-state index contributed by atoms with van der Waals surface area (Å²) in [6, 6.07) is 7.45. The molecular formula is C17H16BrN3O2. The molecule has 0 radical (unpaired) electrons. The summed E-state index contributed by atoms with van der Waals surface area (Å²) in [5.74, 6) is 1.01. The number of rotatable bonds is 3. The Bertz CT molecular complexity index is 831. The van der Waals surface area contributed by atoms with Crippen molar-refractivity contribution in [3.63, 3.8) is 0 Å². The number of fused-ring (bicyclic) bond motifs is 1. The van der Waals surface area contributed by atoms with E-state index in [4.69, 9.17) is 4.74 Å². The fraction of sp³-hybridized carbons (Fsp3) is 0.235. The van der Waals surface area contributed by atoms with Crippen LogP contribution < -0.4 is 5.32 Å². The number of halogens is 1. The van der Waals surface area contributed by atoms with E-state index in [2.05, 4.69) is 31.2 Å². The molecule has 0 bridgehead atoms. The standard InChI is InChI=1S/C17H16BrN3O2/c1-17(8-7-12(18)13(10-17)23-2)16(22)21-14-6-5-11-4-3-9-19-15(11)20-14/h3-7,9-10H,8H2,1-2H3,(H,19,20,21,22). The molecule has 5 nitrogen and oxygen atoms in total. The van der Waals surface area contributed by atoms with Crippen LogP contribution in [0.4, 0.5) is 5.82 Å². The van der Waals surface area contributed by atoms with Gasteiger partial charge in [0.05, 0.1) is 17.0 Å². The van der Waals surface area contributed by atoms with Crippen molar-refractivity contribution in [3.05, 3.63) is 52.9 Å². The zero-order valence-corrected chi connectivity index (χ0v) is 14.4. The highest BCUT2D eigenvalue weighted by atomic mass is 79.9. The predicted molar refractivity (Wildman–Crippen MR) is 93.0 cm³/mol. The van der Waals surface area contributed by atoms with Crippen molar-refractivity contribution in [1.29, 1.82) is 0 Å². The lowest BCUT2D eigenvalue weighted by molar-refractivity contribution is -0.122. The summed E-state index contributed by atoms with van der Waals surface area (Å²) in [6.45, 7) is 1.87. The lowest BCUT2D eigenvalue weighted by atomic mass is 9.82. The van der Waals surface area contributed by atoms with Crippen molar-refractivity contribution in [2.75, 3.05) is 12.4 Å². The van der Waals surface area contributed by atoms with Crippen molar-refractivity contribution in [3.8, 4) is 0 Å². The second kappa shape index (κ2) is 6.12. The number of allylic oxidation sites excluding steroid dienone is 2. The van der Waals surface area contributed by atoms with E-state index in [0.717, 1.165) is 9.87 Å². The van der Waals surface area contributed by atoms with Crippen molar-refractivity contribution >= 4 is 38.7 Å². The van der Waals surface area contributed by atoms with Gasteiger partial charge in [0.1, 0.15) is 11.6 Å². The van der Waals surface area contributed by atoms with Gasteiger partial charge in [-0.1, -0.05) is 6.08 Å². The van der Waals surface area contributed by atoms with Crippen molar-refractivity contribution in [2.45, 2.75) is 13.3 Å². The van der Waals surface area contributed by atoms with E-state index in [-0.39, 0.29) is 5.91 Å². The Morgan fingerprint density at radius 2 is 2.22 bits per heavy atom. The minimum atomic E-state index is -0.691. The zero-order chi connectivity index (χ0) is 16.4. The first-order chi connectivity index (χ1) is 11.0. The molecule has 1 aliphatic carbocycles. The maximum absolute atomic E-state index is 12.7. The normalized spacial score (nSPS) is 20.7. The summed E-state index contributed by atoms with van der Waals surface area (Å²) < 4.78 is 6.16. The van der Waals surface area contributed by atoms with Gasteiger partial charge >= 0.3 is 0 Å². The fourth-order valence-corrected chi connectivity index (χ4v) is 2.85. The first-order valence-corrected chi connectivity index (χ1v) is 7.97. The summed E-state index contributed by atoms with van der Waals surface area (Å²) in [7, 11) is 1.58. The topological polar surface area (TPSA) is 64.1 Å². The van der Waals surface area contributed by atoms with Gasteiger partial charge in [-0.3, -0.25) is 4.79 Å². The van der Waals surface area contributed by atoms with Crippen LogP contribution in [0.5, 0.6) is 0 Å². The molecule has 0 saturated carbocycles. The van der Waals surface area contributed by atoms with E-state index in [1.54, 1.807) is 19.4 Å². The third-order valence-corrected chi connectivity index (χ3v) is 4.55. The number of hydrogen-bond donors (Lipinski definition) is 1. The molecule has 0 spiro atoms. The van der Waals surface area contributed by atoms with Crippen LogP contribution in [0.15, 0.2) is 52.9 Å². The van der Waals surface area contributed by atoms with Crippen LogP contribution >= 0.6 is 15.9 Å². The van der Waals surface area contributed by atoms with Gasteiger partial charge in [0.15, 0.2) is 5.65 Å². The lowest BCUT2D eigenvalue weighted by Gasteiger charge is -2.27. The Labute approximate surface area is 142 Å². The van der Waals surface area contributed by atoms with Crippen LogP contribution in [0.25, 0.3) is 11.0 Å². The molecule has 3 rings (SSSR count). The lowest BCUT2D eigenvalue weighted by Crippen LogP contribution is -2.33. The SMILES string of the molecule is COC1=CC(C)(C(=O)Nc2ccc3cccnc3n2)CC=C1Br. The first-order valence-electron chi connectivity index (χ1n) is 7.18. The Balaban J connectivity index is 1.84. The van der Waals surface area contributed by atoms with Gasteiger partial charge in [-0.15, -0.1) is 0 Å². The maximum Gasteiger partial charge on any atom is 0.235 e. The number of methoxy groups -OCH3 is 1. The molecule has 0 aromatic carbocycles. The van der Waals surface area contributed by atoms with Gasteiger partial charge in [0, 0.05) is 11.6 Å². The smallest absolute Gasteiger partial charge is 0.235 e. The molecule has 1 amide bonds. The quantitative estimate of drug-likeness (QED) is 0.888. The molecule has 1 N–H and O–H groups in total.